The molecule has 0 spiro atoms. The van der Waals surface area contributed by atoms with Crippen LogP contribution in [0.1, 0.15) is 35.7 Å². The van der Waals surface area contributed by atoms with Gasteiger partial charge in [-0.15, -0.1) is 11.3 Å². The minimum absolute atomic E-state index is 0.0230. The van der Waals surface area contributed by atoms with Crippen molar-refractivity contribution < 1.29 is 19.1 Å². The van der Waals surface area contributed by atoms with Gasteiger partial charge in [-0.2, -0.15) is 0 Å². The highest BCUT2D eigenvalue weighted by Crippen LogP contribution is 2.40. The Morgan fingerprint density at radius 3 is 2.29 bits per heavy atom. The molecule has 0 amide bonds. The molecule has 1 fully saturated rings. The molecule has 0 bridgehead atoms. The fourth-order valence-electron chi connectivity index (χ4n) is 4.46. The van der Waals surface area contributed by atoms with Crippen molar-refractivity contribution in [1.29, 1.82) is 0 Å². The summed E-state index contributed by atoms with van der Waals surface area (Å²) in [6.45, 7) is 5.26. The summed E-state index contributed by atoms with van der Waals surface area (Å²) in [4.78, 5) is 28.3. The second-order valence-corrected chi connectivity index (χ2v) is 9.72. The van der Waals surface area contributed by atoms with Gasteiger partial charge in [0.15, 0.2) is 5.78 Å². The van der Waals surface area contributed by atoms with Crippen LogP contribution in [0.2, 0.25) is 0 Å². The van der Waals surface area contributed by atoms with Gasteiger partial charge in [-0.1, -0.05) is 18.2 Å². The van der Waals surface area contributed by atoms with Crippen molar-refractivity contribution in [2.24, 2.45) is 0 Å². The Bertz CT molecular complexity index is 1340. The largest absolute Gasteiger partial charge is 0.492 e. The zero-order chi connectivity index (χ0) is 24.2. The number of hydrogen-bond acceptors (Lipinski definition) is 6. The maximum absolute atomic E-state index is 13.7. The lowest BCUT2D eigenvalue weighted by Gasteiger charge is -2.15. The van der Waals surface area contributed by atoms with E-state index in [2.05, 4.69) is 4.90 Å². The van der Waals surface area contributed by atoms with Crippen molar-refractivity contribution in [2.45, 2.75) is 19.8 Å². The molecule has 1 aliphatic rings. The smallest absolute Gasteiger partial charge is 0.308 e. The Kier molecular flexibility index (Phi) is 6.93. The van der Waals surface area contributed by atoms with Crippen molar-refractivity contribution in [3.63, 3.8) is 0 Å². The number of esters is 1. The lowest BCUT2D eigenvalue weighted by molar-refractivity contribution is -0.131. The van der Waals surface area contributed by atoms with Crippen molar-refractivity contribution in [3.8, 4) is 21.9 Å². The first-order valence-corrected chi connectivity index (χ1v) is 12.7. The molecule has 1 aliphatic heterocycles. The third-order valence-corrected chi connectivity index (χ3v) is 7.41. The maximum Gasteiger partial charge on any atom is 0.308 e. The molecule has 0 saturated carbocycles. The molecule has 4 aromatic rings. The van der Waals surface area contributed by atoms with Gasteiger partial charge in [-0.3, -0.25) is 14.5 Å². The molecule has 5 nitrogen and oxygen atoms in total. The molecule has 1 aromatic heterocycles. The molecule has 1 saturated heterocycles. The summed E-state index contributed by atoms with van der Waals surface area (Å²) < 4.78 is 12.1. The maximum atomic E-state index is 13.7. The third-order valence-electron chi connectivity index (χ3n) is 6.19. The molecule has 2 heterocycles. The van der Waals surface area contributed by atoms with E-state index in [4.69, 9.17) is 9.47 Å². The lowest BCUT2D eigenvalue weighted by Crippen LogP contribution is -2.25. The number of nitrogens with zero attached hydrogens (tertiary/aromatic N) is 1. The summed E-state index contributed by atoms with van der Waals surface area (Å²) in [5, 5.41) is 0.938. The first kappa shape index (κ1) is 23.3. The van der Waals surface area contributed by atoms with Gasteiger partial charge < -0.3 is 9.47 Å². The minimum atomic E-state index is -0.362. The number of likely N-dealkylation sites (tertiary alicyclic amines) is 1. The molecule has 178 valence electrons. The van der Waals surface area contributed by atoms with Crippen LogP contribution in [0.5, 0.6) is 11.5 Å². The highest BCUT2D eigenvalue weighted by atomic mass is 32.1. The van der Waals surface area contributed by atoms with Crippen LogP contribution >= 0.6 is 11.3 Å². The summed E-state index contributed by atoms with van der Waals surface area (Å²) in [7, 11) is 0. The average Bonchev–Trinajstić information content (AvgIpc) is 3.52. The molecule has 0 unspecified atom stereocenters. The first-order valence-electron chi connectivity index (χ1n) is 11.9. The zero-order valence-electron chi connectivity index (χ0n) is 19.7. The predicted molar refractivity (Wildman–Crippen MR) is 140 cm³/mol. The summed E-state index contributed by atoms with van der Waals surface area (Å²) in [6.07, 6.45) is 2.54. The number of ether oxygens (including phenoxy) is 2. The molecule has 5 rings (SSSR count). The molecule has 35 heavy (non-hydrogen) atoms. The van der Waals surface area contributed by atoms with Crippen LogP contribution in [0, 0.1) is 0 Å². The summed E-state index contributed by atoms with van der Waals surface area (Å²) in [5.74, 6) is 0.872. The van der Waals surface area contributed by atoms with Crippen LogP contribution in [-0.4, -0.2) is 42.9 Å². The van der Waals surface area contributed by atoms with Gasteiger partial charge in [-0.25, -0.2) is 0 Å². The number of fused-ring (bicyclic) bond motifs is 1. The van der Waals surface area contributed by atoms with Crippen molar-refractivity contribution in [3.05, 3.63) is 83.9 Å². The number of rotatable bonds is 8. The van der Waals surface area contributed by atoms with E-state index in [1.807, 2.05) is 60.7 Å². The highest BCUT2D eigenvalue weighted by Gasteiger charge is 2.21. The van der Waals surface area contributed by atoms with Gasteiger partial charge in [0.2, 0.25) is 0 Å². The fourth-order valence-corrected chi connectivity index (χ4v) is 5.67. The van der Waals surface area contributed by atoms with E-state index in [9.17, 15) is 9.59 Å². The van der Waals surface area contributed by atoms with Gasteiger partial charge in [0, 0.05) is 39.6 Å². The number of ketones is 1. The van der Waals surface area contributed by atoms with Crippen molar-refractivity contribution >= 4 is 33.2 Å². The number of hydrogen-bond donors (Lipinski definition) is 0. The van der Waals surface area contributed by atoms with Gasteiger partial charge in [0.05, 0.1) is 0 Å². The summed E-state index contributed by atoms with van der Waals surface area (Å²) in [6, 6.07) is 22.7. The van der Waals surface area contributed by atoms with E-state index in [1.54, 1.807) is 23.5 Å². The number of benzene rings is 3. The highest BCUT2D eigenvalue weighted by molar-refractivity contribution is 7.22. The summed E-state index contributed by atoms with van der Waals surface area (Å²) >= 11 is 1.59. The zero-order valence-corrected chi connectivity index (χ0v) is 20.5. The van der Waals surface area contributed by atoms with E-state index < -0.39 is 0 Å². The Labute approximate surface area is 208 Å². The number of thiophene rings is 1. The van der Waals surface area contributed by atoms with Crippen LogP contribution in [0.15, 0.2) is 72.8 Å². The number of carbonyl (C=O) groups is 2. The van der Waals surface area contributed by atoms with E-state index >= 15 is 0 Å². The van der Waals surface area contributed by atoms with Crippen LogP contribution < -0.4 is 9.47 Å². The second kappa shape index (κ2) is 10.4. The Balaban J connectivity index is 1.39. The molecule has 0 aliphatic carbocycles. The second-order valence-electron chi connectivity index (χ2n) is 8.67. The predicted octanol–water partition coefficient (Wildman–Crippen LogP) is 6.20. The van der Waals surface area contributed by atoms with E-state index in [0.717, 1.165) is 45.9 Å². The minimum Gasteiger partial charge on any atom is -0.492 e. The van der Waals surface area contributed by atoms with Crippen LogP contribution in [0.4, 0.5) is 0 Å². The standard InChI is InChI=1S/C29H27NO4S/c1-20(31)34-24-14-10-22(11-15-24)29-27(25-6-2-3-7-26(25)35-29)28(32)21-8-12-23(13-9-21)33-19-18-30-16-4-5-17-30/h2-3,6-15H,4-5,16-19H2,1H3. The molecule has 0 radical (unpaired) electrons. The molecule has 0 atom stereocenters. The van der Waals surface area contributed by atoms with E-state index in [0.29, 0.717) is 23.5 Å². The molecule has 6 heteroatoms. The monoisotopic (exact) mass is 485 g/mol. The van der Waals surface area contributed by atoms with Crippen molar-refractivity contribution in [1.82, 2.24) is 4.90 Å². The molecular formula is C29H27NO4S. The van der Waals surface area contributed by atoms with Gasteiger partial charge in [-0.05, 0) is 86.1 Å². The summed E-state index contributed by atoms with van der Waals surface area (Å²) in [5.41, 5.74) is 2.22. The normalized spacial score (nSPS) is 13.7. The average molecular weight is 486 g/mol. The quantitative estimate of drug-likeness (QED) is 0.169. The topological polar surface area (TPSA) is 55.8 Å². The van der Waals surface area contributed by atoms with E-state index in [1.165, 1.54) is 19.8 Å². The first-order chi connectivity index (χ1) is 17.1. The third kappa shape index (κ3) is 5.29. The van der Waals surface area contributed by atoms with Gasteiger partial charge in [0.1, 0.15) is 18.1 Å². The Morgan fingerprint density at radius 1 is 0.886 bits per heavy atom. The van der Waals surface area contributed by atoms with Crippen LogP contribution in [0.3, 0.4) is 0 Å². The molecule has 3 aromatic carbocycles. The number of carbonyl (C=O) groups excluding carboxylic acids is 2. The van der Waals surface area contributed by atoms with Crippen molar-refractivity contribution in [2.75, 3.05) is 26.2 Å². The van der Waals surface area contributed by atoms with Gasteiger partial charge in [0.25, 0.3) is 0 Å². The SMILES string of the molecule is CC(=O)Oc1ccc(-c2sc3ccccc3c2C(=O)c2ccc(OCCN3CCCC3)cc2)cc1. The van der Waals surface area contributed by atoms with E-state index in [-0.39, 0.29) is 11.8 Å². The lowest BCUT2D eigenvalue weighted by atomic mass is 9.97. The van der Waals surface area contributed by atoms with Crippen LogP contribution in [0.25, 0.3) is 20.5 Å². The Morgan fingerprint density at radius 2 is 1.57 bits per heavy atom. The molecule has 0 N–H and O–H groups in total. The van der Waals surface area contributed by atoms with Gasteiger partial charge >= 0.3 is 5.97 Å². The Hall–Kier alpha value is -3.48. The molecular weight excluding hydrogens is 458 g/mol. The van der Waals surface area contributed by atoms with Crippen LogP contribution in [-0.2, 0) is 4.79 Å². The fraction of sp³-hybridized carbons (Fsp3) is 0.241.